The Hall–Kier alpha value is -1.53. The Balaban J connectivity index is 2.69. The number of hydrogen-bond donors (Lipinski definition) is 0. The summed E-state index contributed by atoms with van der Waals surface area (Å²) in [6, 6.07) is 6.52. The van der Waals surface area contributed by atoms with Gasteiger partial charge in [-0.1, -0.05) is 17.3 Å². The largest absolute Gasteiger partial charge is 0.465 e. The molecule has 1 amide bonds. The lowest BCUT2D eigenvalue weighted by Crippen LogP contribution is -2.23. The van der Waals surface area contributed by atoms with Gasteiger partial charge in [0.2, 0.25) is 5.04 Å². The zero-order valence-electron chi connectivity index (χ0n) is 13.2. The average Bonchev–Trinajstić information content (AvgIpc) is 2.58. The molecule has 0 heterocycles. The first kappa shape index (κ1) is 21.5. The van der Waals surface area contributed by atoms with Crippen molar-refractivity contribution in [3.8, 4) is 0 Å². The second kappa shape index (κ2) is 9.82. The van der Waals surface area contributed by atoms with E-state index in [9.17, 15) is 22.8 Å². The lowest BCUT2D eigenvalue weighted by atomic mass is 10.2. The lowest BCUT2D eigenvalue weighted by Gasteiger charge is -2.14. The number of rotatable bonds is 5. The standard InChI is InChI=1S/C13H13F3N2O4S3/c1-18(12(20)22-17-11(23-3)13(14,15)16)25-24-9-7-5-4-6-8(9)10(19)21-2/h4-7H,1-3H3. The third-order valence-electron chi connectivity index (χ3n) is 2.43. The number of carbonyl (C=O) groups excluding carboxylic acids is 2. The van der Waals surface area contributed by atoms with Crippen LogP contribution in [0, 0.1) is 0 Å². The fraction of sp³-hybridized carbons (Fsp3) is 0.308. The highest BCUT2D eigenvalue weighted by molar-refractivity contribution is 8.76. The van der Waals surface area contributed by atoms with Gasteiger partial charge in [-0.25, -0.2) is 13.9 Å². The molecule has 12 heteroatoms. The van der Waals surface area contributed by atoms with E-state index in [-0.39, 0.29) is 0 Å². The minimum absolute atomic E-state index is 0.295. The van der Waals surface area contributed by atoms with Gasteiger partial charge in [0.1, 0.15) is 0 Å². The Kier molecular flexibility index (Phi) is 8.45. The molecule has 138 valence electrons. The smallest absolute Gasteiger partial charge is 0.446 e. The monoisotopic (exact) mass is 414 g/mol. The van der Waals surface area contributed by atoms with Gasteiger partial charge in [-0.05, 0) is 29.2 Å². The molecular weight excluding hydrogens is 401 g/mol. The number of methoxy groups -OCH3 is 1. The average molecular weight is 414 g/mol. The number of esters is 1. The maximum absolute atomic E-state index is 12.5. The van der Waals surface area contributed by atoms with E-state index in [4.69, 9.17) is 0 Å². The molecule has 1 aromatic rings. The first-order chi connectivity index (χ1) is 11.7. The number of benzene rings is 1. The van der Waals surface area contributed by atoms with Crippen LogP contribution in [0.2, 0.25) is 0 Å². The van der Waals surface area contributed by atoms with Crippen molar-refractivity contribution in [1.82, 2.24) is 4.31 Å². The van der Waals surface area contributed by atoms with Gasteiger partial charge < -0.3 is 4.74 Å². The van der Waals surface area contributed by atoms with E-state index in [0.717, 1.165) is 32.3 Å². The number of halogens is 3. The van der Waals surface area contributed by atoms with Crippen molar-refractivity contribution >= 4 is 50.6 Å². The number of oxime groups is 1. The van der Waals surface area contributed by atoms with E-state index >= 15 is 0 Å². The SMILES string of the molecule is COC(=O)c1ccccc1SSN(C)C(=O)ON=C(SC)C(F)(F)F. The first-order valence-electron chi connectivity index (χ1n) is 6.36. The van der Waals surface area contributed by atoms with Gasteiger partial charge in [0.25, 0.3) is 0 Å². The van der Waals surface area contributed by atoms with Gasteiger partial charge in [-0.3, -0.25) is 4.84 Å². The number of amides is 1. The molecule has 0 aliphatic rings. The molecule has 1 aromatic carbocycles. The van der Waals surface area contributed by atoms with E-state index < -0.39 is 23.3 Å². The van der Waals surface area contributed by atoms with Crippen molar-refractivity contribution < 1.29 is 32.3 Å². The van der Waals surface area contributed by atoms with Gasteiger partial charge in [0, 0.05) is 22.9 Å². The number of hydrogen-bond acceptors (Lipinski definition) is 8. The molecule has 25 heavy (non-hydrogen) atoms. The highest BCUT2D eigenvalue weighted by Crippen LogP contribution is 2.35. The molecule has 0 radical (unpaired) electrons. The van der Waals surface area contributed by atoms with Crippen molar-refractivity contribution in [1.29, 1.82) is 0 Å². The molecule has 0 fully saturated rings. The van der Waals surface area contributed by atoms with Crippen LogP contribution in [-0.2, 0) is 9.57 Å². The molecule has 0 bridgehead atoms. The Morgan fingerprint density at radius 3 is 2.44 bits per heavy atom. The number of carbonyl (C=O) groups is 2. The first-order valence-corrected chi connectivity index (χ1v) is 9.69. The molecule has 0 unspecified atom stereocenters. The van der Waals surface area contributed by atoms with Gasteiger partial charge in [-0.15, -0.1) is 11.8 Å². The quantitative estimate of drug-likeness (QED) is 0.134. The van der Waals surface area contributed by atoms with Crippen LogP contribution in [0.3, 0.4) is 0 Å². The van der Waals surface area contributed by atoms with E-state index in [0.29, 0.717) is 22.2 Å². The van der Waals surface area contributed by atoms with Crippen molar-refractivity contribution in [3.05, 3.63) is 29.8 Å². The Bertz CT molecular complexity index is 656. The second-order valence-corrected chi connectivity index (χ2v) is 7.14. The second-order valence-electron chi connectivity index (χ2n) is 4.10. The lowest BCUT2D eigenvalue weighted by molar-refractivity contribution is -0.0575. The maximum atomic E-state index is 12.5. The zero-order chi connectivity index (χ0) is 19.0. The van der Waals surface area contributed by atoms with Crippen LogP contribution >= 0.6 is 33.5 Å². The van der Waals surface area contributed by atoms with E-state index in [1.807, 2.05) is 0 Å². The minimum atomic E-state index is -4.69. The summed E-state index contributed by atoms with van der Waals surface area (Å²) in [6.45, 7) is 0. The fourth-order valence-corrected chi connectivity index (χ4v) is 3.49. The summed E-state index contributed by atoms with van der Waals surface area (Å²) in [5.74, 6) is -0.548. The molecule has 0 aliphatic heterocycles. The predicted molar refractivity (Wildman–Crippen MR) is 92.5 cm³/mol. The van der Waals surface area contributed by atoms with E-state index in [1.165, 1.54) is 14.2 Å². The van der Waals surface area contributed by atoms with Crippen molar-refractivity contribution in [2.45, 2.75) is 11.1 Å². The summed E-state index contributed by atoms with van der Waals surface area (Å²) in [5.41, 5.74) is 0.295. The Labute approximate surface area is 154 Å². The maximum Gasteiger partial charge on any atom is 0.446 e. The topological polar surface area (TPSA) is 68.2 Å². The van der Waals surface area contributed by atoms with Crippen LogP contribution in [0.25, 0.3) is 0 Å². The summed E-state index contributed by atoms with van der Waals surface area (Å²) >= 11 is 0.314. The number of nitrogens with zero attached hydrogens (tertiary/aromatic N) is 2. The Morgan fingerprint density at radius 2 is 1.88 bits per heavy atom. The Morgan fingerprint density at radius 1 is 1.24 bits per heavy atom. The fourth-order valence-electron chi connectivity index (χ4n) is 1.29. The number of thioether (sulfide) groups is 1. The van der Waals surface area contributed by atoms with Crippen LogP contribution in [0.15, 0.2) is 34.3 Å². The molecule has 0 saturated heterocycles. The molecule has 0 aliphatic carbocycles. The molecule has 0 saturated carbocycles. The van der Waals surface area contributed by atoms with Crippen LogP contribution < -0.4 is 0 Å². The van der Waals surface area contributed by atoms with Crippen molar-refractivity contribution in [3.63, 3.8) is 0 Å². The van der Waals surface area contributed by atoms with Crippen LogP contribution in [0.1, 0.15) is 10.4 Å². The van der Waals surface area contributed by atoms with Crippen molar-refractivity contribution in [2.75, 3.05) is 20.4 Å². The van der Waals surface area contributed by atoms with Crippen molar-refractivity contribution in [2.24, 2.45) is 5.16 Å². The predicted octanol–water partition coefficient (Wildman–Crippen LogP) is 4.44. The van der Waals surface area contributed by atoms with Gasteiger partial charge >= 0.3 is 18.2 Å². The number of ether oxygens (including phenoxy) is 1. The zero-order valence-corrected chi connectivity index (χ0v) is 15.6. The molecular formula is C13H13F3N2O4S3. The number of alkyl halides is 3. The third kappa shape index (κ3) is 6.71. The highest BCUT2D eigenvalue weighted by atomic mass is 33.1. The molecule has 0 atom stereocenters. The van der Waals surface area contributed by atoms with Crippen LogP contribution in [-0.4, -0.2) is 48.0 Å². The summed E-state index contributed by atoms with van der Waals surface area (Å²) in [5, 5.41) is 1.54. The summed E-state index contributed by atoms with van der Waals surface area (Å²) < 4.78 is 43.0. The van der Waals surface area contributed by atoms with Crippen LogP contribution in [0.4, 0.5) is 18.0 Å². The normalized spacial score (nSPS) is 11.8. The van der Waals surface area contributed by atoms with Crippen LogP contribution in [0.5, 0.6) is 0 Å². The molecule has 0 aromatic heterocycles. The minimum Gasteiger partial charge on any atom is -0.465 e. The van der Waals surface area contributed by atoms with E-state index in [2.05, 4.69) is 14.7 Å². The van der Waals surface area contributed by atoms with E-state index in [1.54, 1.807) is 24.3 Å². The molecule has 0 N–H and O–H groups in total. The molecule has 0 spiro atoms. The summed E-state index contributed by atoms with van der Waals surface area (Å²) in [6.07, 6.45) is -4.62. The molecule has 6 nitrogen and oxygen atoms in total. The third-order valence-corrected chi connectivity index (χ3v) is 5.54. The van der Waals surface area contributed by atoms with Gasteiger partial charge in [0.15, 0.2) is 0 Å². The van der Waals surface area contributed by atoms with Gasteiger partial charge in [-0.2, -0.15) is 13.2 Å². The molecule has 1 rings (SSSR count). The highest BCUT2D eigenvalue weighted by Gasteiger charge is 2.36. The van der Waals surface area contributed by atoms with Gasteiger partial charge in [0.05, 0.1) is 12.7 Å². The summed E-state index contributed by atoms with van der Waals surface area (Å²) in [4.78, 5) is 28.1. The summed E-state index contributed by atoms with van der Waals surface area (Å²) in [7, 11) is 4.43.